The minimum absolute atomic E-state index is 0.0134. The van der Waals surface area contributed by atoms with Gasteiger partial charge < -0.3 is 14.2 Å². The topological polar surface area (TPSA) is 68.5 Å². The Morgan fingerprint density at radius 3 is 3.05 bits per heavy atom. The number of aromatic nitrogens is 2. The lowest BCUT2D eigenvalue weighted by Gasteiger charge is -2.33. The molecule has 20 heavy (non-hydrogen) atoms. The molecule has 1 aliphatic rings. The van der Waals surface area contributed by atoms with Gasteiger partial charge in [0.2, 0.25) is 11.8 Å². The fourth-order valence-electron chi connectivity index (χ4n) is 2.46. The molecule has 6 heteroatoms. The van der Waals surface area contributed by atoms with Crippen LogP contribution in [0.25, 0.3) is 0 Å². The van der Waals surface area contributed by atoms with Gasteiger partial charge in [-0.3, -0.25) is 4.79 Å². The first-order chi connectivity index (χ1) is 9.67. The van der Waals surface area contributed by atoms with E-state index in [0.29, 0.717) is 5.89 Å². The number of hydrogen-bond acceptors (Lipinski definition) is 5. The number of piperidine rings is 1. The first-order valence-corrected chi connectivity index (χ1v) is 7.29. The van der Waals surface area contributed by atoms with Crippen LogP contribution < -0.4 is 0 Å². The normalized spacial score (nSPS) is 20.9. The SMILES string of the molecule is CCC(C)c1noc(C2CCCCN2C(=O)COC)n1. The summed E-state index contributed by atoms with van der Waals surface area (Å²) >= 11 is 0. The van der Waals surface area contributed by atoms with Crippen LogP contribution in [0.4, 0.5) is 0 Å². The van der Waals surface area contributed by atoms with Gasteiger partial charge in [-0.05, 0) is 25.7 Å². The highest BCUT2D eigenvalue weighted by atomic mass is 16.5. The van der Waals surface area contributed by atoms with Crippen molar-refractivity contribution in [2.75, 3.05) is 20.3 Å². The lowest BCUT2D eigenvalue weighted by molar-refractivity contribution is -0.139. The Balaban J connectivity index is 2.15. The molecule has 0 N–H and O–H groups in total. The summed E-state index contributed by atoms with van der Waals surface area (Å²) in [6.45, 7) is 5.00. The van der Waals surface area contributed by atoms with Gasteiger partial charge in [0.15, 0.2) is 5.82 Å². The van der Waals surface area contributed by atoms with Crippen molar-refractivity contribution in [1.82, 2.24) is 15.0 Å². The molecule has 1 aromatic rings. The zero-order valence-corrected chi connectivity index (χ0v) is 12.5. The molecular weight excluding hydrogens is 258 g/mol. The molecule has 0 saturated carbocycles. The van der Waals surface area contributed by atoms with Gasteiger partial charge in [0.1, 0.15) is 12.6 Å². The molecule has 0 radical (unpaired) electrons. The average molecular weight is 281 g/mol. The van der Waals surface area contributed by atoms with Crippen molar-refractivity contribution >= 4 is 5.91 Å². The molecule has 0 bridgehead atoms. The van der Waals surface area contributed by atoms with E-state index in [1.54, 1.807) is 4.90 Å². The summed E-state index contributed by atoms with van der Waals surface area (Å²) < 4.78 is 10.3. The van der Waals surface area contributed by atoms with Crippen LogP contribution in [0, 0.1) is 0 Å². The average Bonchev–Trinajstić information content (AvgIpc) is 2.96. The summed E-state index contributed by atoms with van der Waals surface area (Å²) in [5.41, 5.74) is 0. The Bertz CT molecular complexity index is 447. The van der Waals surface area contributed by atoms with E-state index in [4.69, 9.17) is 9.26 Å². The molecule has 0 aliphatic carbocycles. The van der Waals surface area contributed by atoms with Crippen molar-refractivity contribution in [1.29, 1.82) is 0 Å². The molecule has 1 saturated heterocycles. The first-order valence-electron chi connectivity index (χ1n) is 7.29. The monoisotopic (exact) mass is 281 g/mol. The number of amides is 1. The van der Waals surface area contributed by atoms with Crippen LogP contribution in [0.15, 0.2) is 4.52 Å². The van der Waals surface area contributed by atoms with Crippen LogP contribution >= 0.6 is 0 Å². The third kappa shape index (κ3) is 3.17. The summed E-state index contributed by atoms with van der Waals surface area (Å²) in [6, 6.07) is -0.100. The van der Waals surface area contributed by atoms with Gasteiger partial charge in [-0.25, -0.2) is 0 Å². The van der Waals surface area contributed by atoms with E-state index in [-0.39, 0.29) is 24.5 Å². The van der Waals surface area contributed by atoms with Crippen molar-refractivity contribution in [2.45, 2.75) is 51.5 Å². The van der Waals surface area contributed by atoms with Gasteiger partial charge >= 0.3 is 0 Å². The summed E-state index contributed by atoms with van der Waals surface area (Å²) in [4.78, 5) is 18.4. The Labute approximate surface area is 119 Å². The molecular formula is C14H23N3O3. The number of rotatable bonds is 5. The van der Waals surface area contributed by atoms with E-state index in [9.17, 15) is 4.79 Å². The quantitative estimate of drug-likeness (QED) is 0.828. The molecule has 0 aromatic carbocycles. The molecule has 2 unspecified atom stereocenters. The number of hydrogen-bond donors (Lipinski definition) is 0. The zero-order valence-electron chi connectivity index (χ0n) is 12.5. The van der Waals surface area contributed by atoms with E-state index in [2.05, 4.69) is 24.0 Å². The highest BCUT2D eigenvalue weighted by molar-refractivity contribution is 5.77. The van der Waals surface area contributed by atoms with Gasteiger partial charge in [-0.1, -0.05) is 19.0 Å². The summed E-state index contributed by atoms with van der Waals surface area (Å²) in [5.74, 6) is 1.55. The number of nitrogens with zero attached hydrogens (tertiary/aromatic N) is 3. The molecule has 1 aliphatic heterocycles. The van der Waals surface area contributed by atoms with Crippen LogP contribution in [0.1, 0.15) is 63.2 Å². The van der Waals surface area contributed by atoms with Gasteiger partial charge in [0, 0.05) is 19.6 Å². The summed E-state index contributed by atoms with van der Waals surface area (Å²) in [6.07, 6.45) is 3.92. The number of carbonyl (C=O) groups is 1. The second-order valence-electron chi connectivity index (χ2n) is 5.33. The van der Waals surface area contributed by atoms with E-state index in [1.165, 1.54) is 7.11 Å². The van der Waals surface area contributed by atoms with Gasteiger partial charge in [0.25, 0.3) is 0 Å². The van der Waals surface area contributed by atoms with Crippen molar-refractivity contribution in [2.24, 2.45) is 0 Å². The number of carbonyl (C=O) groups excluding carboxylic acids is 1. The maximum absolute atomic E-state index is 12.1. The number of likely N-dealkylation sites (tertiary alicyclic amines) is 1. The zero-order chi connectivity index (χ0) is 14.5. The molecule has 112 valence electrons. The third-order valence-corrected chi connectivity index (χ3v) is 3.89. The Morgan fingerprint density at radius 1 is 1.55 bits per heavy atom. The molecule has 1 amide bonds. The molecule has 1 fully saturated rings. The number of methoxy groups -OCH3 is 1. The summed E-state index contributed by atoms with van der Waals surface area (Å²) in [7, 11) is 1.53. The van der Waals surface area contributed by atoms with Crippen molar-refractivity contribution in [3.63, 3.8) is 0 Å². The van der Waals surface area contributed by atoms with E-state index in [1.807, 2.05) is 0 Å². The van der Waals surface area contributed by atoms with Gasteiger partial charge in [-0.15, -0.1) is 0 Å². The second-order valence-corrected chi connectivity index (χ2v) is 5.33. The van der Waals surface area contributed by atoms with Crippen molar-refractivity contribution < 1.29 is 14.1 Å². The van der Waals surface area contributed by atoms with Crippen LogP contribution in [0.3, 0.4) is 0 Å². The first kappa shape index (κ1) is 15.0. The highest BCUT2D eigenvalue weighted by Crippen LogP contribution is 2.30. The maximum atomic E-state index is 12.1. The summed E-state index contributed by atoms with van der Waals surface area (Å²) in [5, 5.41) is 4.05. The Morgan fingerprint density at radius 2 is 2.35 bits per heavy atom. The fraction of sp³-hybridized carbons (Fsp3) is 0.786. The van der Waals surface area contributed by atoms with Crippen LogP contribution in [0.5, 0.6) is 0 Å². The molecule has 1 aromatic heterocycles. The largest absolute Gasteiger partial charge is 0.375 e. The van der Waals surface area contributed by atoms with Crippen molar-refractivity contribution in [3.05, 3.63) is 11.7 Å². The van der Waals surface area contributed by atoms with Crippen LogP contribution in [0.2, 0.25) is 0 Å². The maximum Gasteiger partial charge on any atom is 0.249 e. The molecule has 2 heterocycles. The molecule has 0 spiro atoms. The molecule has 2 atom stereocenters. The Kier molecular flexibility index (Phi) is 5.11. The molecule has 6 nitrogen and oxygen atoms in total. The minimum atomic E-state index is -0.100. The fourth-order valence-corrected chi connectivity index (χ4v) is 2.46. The highest BCUT2D eigenvalue weighted by Gasteiger charge is 2.32. The lowest BCUT2D eigenvalue weighted by Crippen LogP contribution is -2.40. The van der Waals surface area contributed by atoms with E-state index >= 15 is 0 Å². The minimum Gasteiger partial charge on any atom is -0.375 e. The lowest BCUT2D eigenvalue weighted by atomic mass is 10.0. The predicted octanol–water partition coefficient (Wildman–Crippen LogP) is 2.28. The van der Waals surface area contributed by atoms with E-state index < -0.39 is 0 Å². The van der Waals surface area contributed by atoms with E-state index in [0.717, 1.165) is 38.1 Å². The van der Waals surface area contributed by atoms with Crippen molar-refractivity contribution in [3.8, 4) is 0 Å². The second kappa shape index (κ2) is 6.83. The van der Waals surface area contributed by atoms with Gasteiger partial charge in [-0.2, -0.15) is 4.98 Å². The van der Waals surface area contributed by atoms with Crippen LogP contribution in [-0.2, 0) is 9.53 Å². The smallest absolute Gasteiger partial charge is 0.249 e. The van der Waals surface area contributed by atoms with Gasteiger partial charge in [0.05, 0.1) is 0 Å². The van der Waals surface area contributed by atoms with Crippen LogP contribution in [-0.4, -0.2) is 41.2 Å². The molecule has 2 rings (SSSR count). The third-order valence-electron chi connectivity index (χ3n) is 3.89. The number of ether oxygens (including phenoxy) is 1. The predicted molar refractivity (Wildman–Crippen MR) is 73.2 cm³/mol. The Hall–Kier alpha value is -1.43. The standard InChI is InChI=1S/C14H23N3O3/c1-4-10(2)13-15-14(20-16-13)11-7-5-6-8-17(11)12(18)9-19-3/h10-11H,4-9H2,1-3H3.